The van der Waals surface area contributed by atoms with Crippen LogP contribution in [-0.2, 0) is 4.79 Å². The number of anilines is 1. The van der Waals surface area contributed by atoms with E-state index < -0.39 is 0 Å². The van der Waals surface area contributed by atoms with E-state index >= 15 is 0 Å². The molecule has 1 aromatic rings. The molecule has 0 aliphatic rings. The average Bonchev–Trinajstić information content (AvgIpc) is 2.19. The van der Waals surface area contributed by atoms with Crippen LogP contribution >= 0.6 is 15.9 Å². The van der Waals surface area contributed by atoms with Crippen LogP contribution in [0.3, 0.4) is 0 Å². The standard InChI is InChI=1S/C13H19BrN2O/c1-13(2,3)9-15-8-12(17)16-11-6-4-10(14)5-7-11/h4-7,15H,8-9H2,1-3H3,(H,16,17). The van der Waals surface area contributed by atoms with Crippen LogP contribution in [0.5, 0.6) is 0 Å². The van der Waals surface area contributed by atoms with Gasteiger partial charge in [-0.05, 0) is 29.7 Å². The maximum Gasteiger partial charge on any atom is 0.238 e. The summed E-state index contributed by atoms with van der Waals surface area (Å²) >= 11 is 3.35. The summed E-state index contributed by atoms with van der Waals surface area (Å²) in [7, 11) is 0. The monoisotopic (exact) mass is 298 g/mol. The van der Waals surface area contributed by atoms with Crippen molar-refractivity contribution in [3.63, 3.8) is 0 Å². The number of nitrogens with one attached hydrogen (secondary N) is 2. The minimum atomic E-state index is -0.0171. The van der Waals surface area contributed by atoms with Gasteiger partial charge in [-0.25, -0.2) is 0 Å². The lowest BCUT2D eigenvalue weighted by Crippen LogP contribution is -2.33. The topological polar surface area (TPSA) is 41.1 Å². The summed E-state index contributed by atoms with van der Waals surface area (Å²) in [5.74, 6) is -0.0171. The minimum Gasteiger partial charge on any atom is -0.325 e. The highest BCUT2D eigenvalue weighted by molar-refractivity contribution is 9.10. The van der Waals surface area contributed by atoms with Crippen molar-refractivity contribution < 1.29 is 4.79 Å². The van der Waals surface area contributed by atoms with Crippen LogP contribution in [0.25, 0.3) is 0 Å². The second-order valence-corrected chi connectivity index (χ2v) is 6.13. The van der Waals surface area contributed by atoms with Crippen LogP contribution in [0.4, 0.5) is 5.69 Å². The molecular formula is C13H19BrN2O. The number of hydrogen-bond acceptors (Lipinski definition) is 2. The second-order valence-electron chi connectivity index (χ2n) is 5.22. The van der Waals surface area contributed by atoms with E-state index in [-0.39, 0.29) is 11.3 Å². The van der Waals surface area contributed by atoms with Gasteiger partial charge in [0, 0.05) is 16.7 Å². The third-order valence-electron chi connectivity index (χ3n) is 2.07. The largest absolute Gasteiger partial charge is 0.325 e. The Morgan fingerprint density at radius 2 is 1.82 bits per heavy atom. The molecule has 4 heteroatoms. The maximum atomic E-state index is 11.6. The molecule has 0 aliphatic carbocycles. The summed E-state index contributed by atoms with van der Waals surface area (Å²) in [6.45, 7) is 7.56. The quantitative estimate of drug-likeness (QED) is 0.897. The lowest BCUT2D eigenvalue weighted by atomic mass is 9.97. The molecule has 0 saturated carbocycles. The molecule has 1 amide bonds. The van der Waals surface area contributed by atoms with Gasteiger partial charge in [0.1, 0.15) is 0 Å². The fraction of sp³-hybridized carbons (Fsp3) is 0.462. The van der Waals surface area contributed by atoms with E-state index in [0.29, 0.717) is 6.54 Å². The molecule has 2 N–H and O–H groups in total. The molecule has 94 valence electrons. The van der Waals surface area contributed by atoms with E-state index in [4.69, 9.17) is 0 Å². The predicted molar refractivity (Wildman–Crippen MR) is 75.1 cm³/mol. The molecule has 0 bridgehead atoms. The zero-order valence-corrected chi connectivity index (χ0v) is 12.1. The Labute approximate surface area is 111 Å². The smallest absolute Gasteiger partial charge is 0.238 e. The number of carbonyl (C=O) groups excluding carboxylic acids is 1. The van der Waals surface area contributed by atoms with Gasteiger partial charge < -0.3 is 10.6 Å². The van der Waals surface area contributed by atoms with E-state index in [1.165, 1.54) is 0 Å². The Bertz CT molecular complexity index is 368. The third-order valence-corrected chi connectivity index (χ3v) is 2.60. The fourth-order valence-electron chi connectivity index (χ4n) is 1.29. The second kappa shape index (κ2) is 6.17. The van der Waals surface area contributed by atoms with Crippen LogP contribution < -0.4 is 10.6 Å². The highest BCUT2D eigenvalue weighted by Gasteiger charge is 2.10. The van der Waals surface area contributed by atoms with Crippen molar-refractivity contribution in [2.24, 2.45) is 5.41 Å². The highest BCUT2D eigenvalue weighted by Crippen LogP contribution is 2.14. The van der Waals surface area contributed by atoms with Crippen LogP contribution in [0.1, 0.15) is 20.8 Å². The normalized spacial score (nSPS) is 11.3. The molecule has 0 atom stereocenters. The lowest BCUT2D eigenvalue weighted by molar-refractivity contribution is -0.115. The molecular weight excluding hydrogens is 280 g/mol. The summed E-state index contributed by atoms with van der Waals surface area (Å²) in [5.41, 5.74) is 1.01. The van der Waals surface area contributed by atoms with Crippen molar-refractivity contribution in [1.82, 2.24) is 5.32 Å². The van der Waals surface area contributed by atoms with Crippen molar-refractivity contribution in [2.45, 2.75) is 20.8 Å². The molecule has 0 spiro atoms. The molecule has 0 unspecified atom stereocenters. The summed E-state index contributed by atoms with van der Waals surface area (Å²) < 4.78 is 1.00. The minimum absolute atomic E-state index is 0.0171. The van der Waals surface area contributed by atoms with Gasteiger partial charge in [0.2, 0.25) is 5.91 Å². The summed E-state index contributed by atoms with van der Waals surface area (Å²) in [4.78, 5) is 11.6. The van der Waals surface area contributed by atoms with Crippen molar-refractivity contribution in [2.75, 3.05) is 18.4 Å². The first-order valence-corrected chi connectivity index (χ1v) is 6.42. The molecule has 0 radical (unpaired) electrons. The molecule has 1 aromatic carbocycles. The number of amides is 1. The SMILES string of the molecule is CC(C)(C)CNCC(=O)Nc1ccc(Br)cc1. The Balaban J connectivity index is 2.32. The highest BCUT2D eigenvalue weighted by atomic mass is 79.9. The summed E-state index contributed by atoms with van der Waals surface area (Å²) in [6, 6.07) is 7.54. The first-order valence-electron chi connectivity index (χ1n) is 5.63. The van der Waals surface area contributed by atoms with Gasteiger partial charge in [-0.2, -0.15) is 0 Å². The van der Waals surface area contributed by atoms with Crippen LogP contribution in [0.15, 0.2) is 28.7 Å². The van der Waals surface area contributed by atoms with Gasteiger partial charge in [0.15, 0.2) is 0 Å². The first-order chi connectivity index (χ1) is 7.87. The van der Waals surface area contributed by atoms with Gasteiger partial charge in [0.25, 0.3) is 0 Å². The van der Waals surface area contributed by atoms with Gasteiger partial charge in [-0.3, -0.25) is 4.79 Å². The van der Waals surface area contributed by atoms with E-state index in [1.54, 1.807) is 0 Å². The number of hydrogen-bond donors (Lipinski definition) is 2. The Hall–Kier alpha value is -0.870. The first kappa shape index (κ1) is 14.2. The summed E-state index contributed by atoms with van der Waals surface area (Å²) in [5, 5.41) is 5.97. The van der Waals surface area contributed by atoms with Crippen LogP contribution in [-0.4, -0.2) is 19.0 Å². The maximum absolute atomic E-state index is 11.6. The average molecular weight is 299 g/mol. The van der Waals surface area contributed by atoms with Crippen LogP contribution in [0.2, 0.25) is 0 Å². The Morgan fingerprint density at radius 1 is 1.24 bits per heavy atom. The third kappa shape index (κ3) is 6.44. The van der Waals surface area contributed by atoms with Crippen molar-refractivity contribution in [3.8, 4) is 0 Å². The van der Waals surface area contributed by atoms with E-state index in [2.05, 4.69) is 47.3 Å². The number of benzene rings is 1. The van der Waals surface area contributed by atoms with Crippen molar-refractivity contribution >= 4 is 27.5 Å². The molecule has 3 nitrogen and oxygen atoms in total. The van der Waals surface area contributed by atoms with E-state index in [0.717, 1.165) is 16.7 Å². The zero-order chi connectivity index (χ0) is 12.9. The van der Waals surface area contributed by atoms with Gasteiger partial charge in [-0.1, -0.05) is 36.7 Å². The summed E-state index contributed by atoms with van der Waals surface area (Å²) in [6.07, 6.45) is 0. The van der Waals surface area contributed by atoms with E-state index in [1.807, 2.05) is 24.3 Å². The van der Waals surface area contributed by atoms with Gasteiger partial charge in [0.05, 0.1) is 6.54 Å². The van der Waals surface area contributed by atoms with Gasteiger partial charge in [-0.15, -0.1) is 0 Å². The predicted octanol–water partition coefficient (Wildman–Crippen LogP) is 3.02. The molecule has 0 fully saturated rings. The fourth-order valence-corrected chi connectivity index (χ4v) is 1.55. The van der Waals surface area contributed by atoms with Gasteiger partial charge >= 0.3 is 0 Å². The zero-order valence-electron chi connectivity index (χ0n) is 10.5. The van der Waals surface area contributed by atoms with Crippen molar-refractivity contribution in [3.05, 3.63) is 28.7 Å². The molecule has 0 aliphatic heterocycles. The molecule has 0 aromatic heterocycles. The van der Waals surface area contributed by atoms with Crippen LogP contribution in [0, 0.1) is 5.41 Å². The molecule has 17 heavy (non-hydrogen) atoms. The number of rotatable bonds is 4. The Morgan fingerprint density at radius 3 is 2.35 bits per heavy atom. The number of halogens is 1. The molecule has 0 heterocycles. The molecule has 1 rings (SSSR count). The number of carbonyl (C=O) groups is 1. The Kier molecular flexibility index (Phi) is 5.15. The lowest BCUT2D eigenvalue weighted by Gasteiger charge is -2.18. The molecule has 0 saturated heterocycles. The van der Waals surface area contributed by atoms with E-state index in [9.17, 15) is 4.79 Å². The van der Waals surface area contributed by atoms with Crippen molar-refractivity contribution in [1.29, 1.82) is 0 Å².